The Morgan fingerprint density at radius 3 is 0.744 bits per heavy atom. The fourth-order valence-electron chi connectivity index (χ4n) is 7.75. The number of rotatable bonds is 55. The monoisotopic (exact) mass is 1120 g/mol. The van der Waals surface area contributed by atoms with Crippen LogP contribution in [0.3, 0.4) is 0 Å². The molecule has 0 bridgehead atoms. The van der Waals surface area contributed by atoms with Crippen molar-refractivity contribution in [2.45, 2.75) is 225 Å². The van der Waals surface area contributed by atoms with Gasteiger partial charge in [0.1, 0.15) is 6.61 Å². The molecule has 1 atom stereocenters. The summed E-state index contributed by atoms with van der Waals surface area (Å²) in [6.07, 6.45) is 115. The molecule has 0 fully saturated rings. The van der Waals surface area contributed by atoms with Crippen molar-refractivity contribution in [3.63, 3.8) is 0 Å². The number of esters is 2. The lowest BCUT2D eigenvalue weighted by atomic mass is 10.1. The molecule has 0 aromatic carbocycles. The number of hydrogen-bond acceptors (Lipinski definition) is 5. The van der Waals surface area contributed by atoms with Crippen LogP contribution >= 0.6 is 0 Å². The number of unbranched alkanes of at least 4 members (excludes halogenated alkanes) is 9. The average Bonchev–Trinajstić information content (AvgIpc) is 3.49. The van der Waals surface area contributed by atoms with Crippen LogP contribution in [0, 0.1) is 0 Å². The lowest BCUT2D eigenvalue weighted by molar-refractivity contribution is -0.161. The molecule has 0 aromatic rings. The van der Waals surface area contributed by atoms with E-state index in [-0.39, 0.29) is 25.2 Å². The summed E-state index contributed by atoms with van der Waals surface area (Å²) in [6.45, 7) is 3.85. The lowest BCUT2D eigenvalue weighted by Crippen LogP contribution is -2.28. The van der Waals surface area contributed by atoms with Gasteiger partial charge in [0.2, 0.25) is 0 Å². The van der Waals surface area contributed by atoms with E-state index in [2.05, 4.69) is 245 Å². The third-order valence-electron chi connectivity index (χ3n) is 12.5. The molecule has 0 saturated carbocycles. The predicted octanol–water partition coefficient (Wildman–Crippen LogP) is 22.5. The van der Waals surface area contributed by atoms with Gasteiger partial charge < -0.3 is 14.6 Å². The first kappa shape index (κ1) is 76.0. The van der Waals surface area contributed by atoms with Gasteiger partial charge >= 0.3 is 11.9 Å². The third kappa shape index (κ3) is 66.5. The largest absolute Gasteiger partial charge is 0.462 e. The molecule has 82 heavy (non-hydrogen) atoms. The summed E-state index contributed by atoms with van der Waals surface area (Å²) in [5, 5.41) is 9.68. The van der Waals surface area contributed by atoms with Gasteiger partial charge in [0.05, 0.1) is 6.61 Å². The van der Waals surface area contributed by atoms with Gasteiger partial charge in [-0.25, -0.2) is 0 Å². The van der Waals surface area contributed by atoms with Crippen LogP contribution in [0.5, 0.6) is 0 Å². The van der Waals surface area contributed by atoms with Gasteiger partial charge in [-0.1, -0.05) is 277 Å². The van der Waals surface area contributed by atoms with Crippen molar-refractivity contribution in [3.8, 4) is 0 Å². The van der Waals surface area contributed by atoms with Gasteiger partial charge in [0.15, 0.2) is 6.10 Å². The van der Waals surface area contributed by atoms with Crippen molar-refractivity contribution in [1.29, 1.82) is 0 Å². The Kier molecular flexibility index (Phi) is 64.1. The standard InChI is InChI=1S/C77H114O5/c1-3-5-7-9-11-13-15-17-19-21-23-25-27-29-31-33-35-36-37-38-39-40-42-44-46-48-50-52-54-56-58-60-62-64-66-68-70-72-77(80)82-75(73-78)74-81-76(79)71-69-67-65-63-61-59-57-55-53-51-49-47-45-43-41-34-32-30-28-26-24-22-20-18-16-14-12-10-8-6-4-2/h5-8,11-14,17-20,23-26,29-32,35-36,38-39,41-44,47-50,53-56,59,61,75,78H,3-4,9-10,15-16,21-22,27-28,33-34,37,40,45-46,51-52,57-58,60,62-74H2,1-2H3/b7-5-,8-6-,13-11-,14-12-,19-17-,20-18-,25-23-,26-24-,31-29-,32-30-,36-35-,39-38-,43-41-,44-42-,49-47-,50-48-,55-53-,56-54-,61-59-. The highest BCUT2D eigenvalue weighted by molar-refractivity contribution is 5.70. The maximum Gasteiger partial charge on any atom is 0.306 e. The van der Waals surface area contributed by atoms with Gasteiger partial charge in [-0.15, -0.1) is 0 Å². The van der Waals surface area contributed by atoms with Crippen molar-refractivity contribution in [2.75, 3.05) is 13.2 Å². The van der Waals surface area contributed by atoms with Gasteiger partial charge in [0.25, 0.3) is 0 Å². The first-order valence-electron chi connectivity index (χ1n) is 31.9. The van der Waals surface area contributed by atoms with Crippen molar-refractivity contribution in [2.24, 2.45) is 0 Å². The molecule has 452 valence electrons. The molecular formula is C77H114O5. The van der Waals surface area contributed by atoms with E-state index in [1.165, 1.54) is 12.8 Å². The zero-order chi connectivity index (χ0) is 59.1. The fraction of sp³-hybridized carbons (Fsp3) is 0.481. The van der Waals surface area contributed by atoms with E-state index in [4.69, 9.17) is 9.47 Å². The van der Waals surface area contributed by atoms with Gasteiger partial charge in [0, 0.05) is 12.8 Å². The Morgan fingerprint density at radius 2 is 0.488 bits per heavy atom. The number of ether oxygens (including phenoxy) is 2. The second-order valence-electron chi connectivity index (χ2n) is 20.0. The maximum absolute atomic E-state index is 12.3. The van der Waals surface area contributed by atoms with E-state index in [1.807, 2.05) is 0 Å². The minimum Gasteiger partial charge on any atom is -0.462 e. The summed E-state index contributed by atoms with van der Waals surface area (Å²) in [5.74, 6) is -0.667. The molecule has 0 aliphatic heterocycles. The molecule has 0 aromatic heterocycles. The molecule has 0 aliphatic rings. The fourth-order valence-corrected chi connectivity index (χ4v) is 7.75. The Labute approximate surface area is 503 Å². The summed E-state index contributed by atoms with van der Waals surface area (Å²) < 4.78 is 10.7. The number of carbonyl (C=O) groups is 2. The maximum atomic E-state index is 12.3. The molecule has 0 radical (unpaired) electrons. The number of allylic oxidation sites excluding steroid dienone is 38. The SMILES string of the molecule is CC/C=C\C/C=C\C/C=C\C/C=C\C/C=C\C/C=C\C/C=C\C/C=C\C/C=C\C/C=C\CCCCCCCCC(=O)OC(CO)COC(=O)CCCCC/C=C\C/C=C\C/C=C\C/C=C\C/C=C\C/C=C\C/C=C\C/C=C\C/C=C\CC. The van der Waals surface area contributed by atoms with E-state index in [0.717, 1.165) is 180 Å². The molecule has 1 N–H and O–H groups in total. The summed E-state index contributed by atoms with van der Waals surface area (Å²) in [4.78, 5) is 24.6. The first-order valence-corrected chi connectivity index (χ1v) is 31.9. The highest BCUT2D eigenvalue weighted by Crippen LogP contribution is 2.12. The van der Waals surface area contributed by atoms with Crippen LogP contribution in [0.2, 0.25) is 0 Å². The van der Waals surface area contributed by atoms with Crippen molar-refractivity contribution in [3.05, 3.63) is 231 Å². The molecule has 0 spiro atoms. The van der Waals surface area contributed by atoms with Crippen LogP contribution in [0.1, 0.15) is 219 Å². The molecule has 5 heteroatoms. The van der Waals surface area contributed by atoms with Crippen LogP contribution < -0.4 is 0 Å². The molecule has 5 nitrogen and oxygen atoms in total. The average molecular weight is 1120 g/mol. The van der Waals surface area contributed by atoms with Gasteiger partial charge in [-0.2, -0.15) is 0 Å². The minimum absolute atomic E-state index is 0.107. The first-order chi connectivity index (χ1) is 40.6. The minimum atomic E-state index is -0.816. The van der Waals surface area contributed by atoms with Crippen LogP contribution in [-0.2, 0) is 19.1 Å². The zero-order valence-corrected chi connectivity index (χ0v) is 51.6. The van der Waals surface area contributed by atoms with Gasteiger partial charge in [-0.05, 0) is 161 Å². The second-order valence-corrected chi connectivity index (χ2v) is 20.0. The topological polar surface area (TPSA) is 72.8 Å². The van der Waals surface area contributed by atoms with Crippen LogP contribution in [0.15, 0.2) is 231 Å². The number of aliphatic hydroxyl groups is 1. The van der Waals surface area contributed by atoms with E-state index in [0.29, 0.717) is 12.8 Å². The van der Waals surface area contributed by atoms with E-state index in [9.17, 15) is 14.7 Å². The Hall–Kier alpha value is -6.04. The highest BCUT2D eigenvalue weighted by Gasteiger charge is 2.16. The summed E-state index contributed by atoms with van der Waals surface area (Å²) >= 11 is 0. The van der Waals surface area contributed by atoms with Crippen molar-refractivity contribution in [1.82, 2.24) is 0 Å². The zero-order valence-electron chi connectivity index (χ0n) is 51.6. The summed E-state index contributed by atoms with van der Waals surface area (Å²) in [7, 11) is 0. The lowest BCUT2D eigenvalue weighted by Gasteiger charge is -2.15. The van der Waals surface area contributed by atoms with Crippen molar-refractivity contribution >= 4 is 11.9 Å². The van der Waals surface area contributed by atoms with E-state index >= 15 is 0 Å². The van der Waals surface area contributed by atoms with E-state index in [1.54, 1.807) is 0 Å². The highest BCUT2D eigenvalue weighted by atomic mass is 16.6. The Balaban J connectivity index is 3.72. The third-order valence-corrected chi connectivity index (χ3v) is 12.5. The van der Waals surface area contributed by atoms with Gasteiger partial charge in [-0.3, -0.25) is 9.59 Å². The molecule has 1 unspecified atom stereocenters. The van der Waals surface area contributed by atoms with E-state index < -0.39 is 6.10 Å². The molecule has 0 amide bonds. The Morgan fingerprint density at radius 1 is 0.280 bits per heavy atom. The summed E-state index contributed by atoms with van der Waals surface area (Å²) in [5.41, 5.74) is 0. The van der Waals surface area contributed by atoms with Crippen molar-refractivity contribution < 1.29 is 24.2 Å². The van der Waals surface area contributed by atoms with Crippen LogP contribution in [0.4, 0.5) is 0 Å². The Bertz CT molecular complexity index is 2040. The molecule has 0 aliphatic carbocycles. The predicted molar refractivity (Wildman–Crippen MR) is 361 cm³/mol. The normalized spacial score (nSPS) is 13.8. The molecule has 0 rings (SSSR count). The van der Waals surface area contributed by atoms with Crippen LogP contribution in [0.25, 0.3) is 0 Å². The summed E-state index contributed by atoms with van der Waals surface area (Å²) in [6, 6.07) is 0. The number of carbonyl (C=O) groups excluding carboxylic acids is 2. The smallest absolute Gasteiger partial charge is 0.306 e. The number of hydrogen-bond donors (Lipinski definition) is 1. The molecular weight excluding hydrogens is 1000 g/mol. The quantitative estimate of drug-likeness (QED) is 0.0373. The molecule has 0 saturated heterocycles. The molecule has 0 heterocycles. The second kappa shape index (κ2) is 69.2. The van der Waals surface area contributed by atoms with Crippen LogP contribution in [-0.4, -0.2) is 36.4 Å². The number of aliphatic hydroxyl groups excluding tert-OH is 1.